The first-order chi connectivity index (χ1) is 9.10. The molecule has 0 aliphatic carbocycles. The maximum atomic E-state index is 12.0. The van der Waals surface area contributed by atoms with Crippen molar-refractivity contribution in [1.82, 2.24) is 0 Å². The van der Waals surface area contributed by atoms with E-state index in [-0.39, 0.29) is 5.91 Å². The molecule has 1 amide bonds. The highest BCUT2D eigenvalue weighted by atomic mass is 127. The standard InChI is InChI=1S/C14H11ClINO2/c1-19-11-5-3-10(4-6-11)17-14(18)9-2-7-13(16)12(15)8-9/h2-8H,1H3,(H,17,18). The molecule has 0 radical (unpaired) electrons. The van der Waals surface area contributed by atoms with E-state index in [1.54, 1.807) is 43.5 Å². The van der Waals surface area contributed by atoms with E-state index in [1.165, 1.54) is 0 Å². The van der Waals surface area contributed by atoms with Crippen molar-refractivity contribution in [3.05, 3.63) is 56.6 Å². The van der Waals surface area contributed by atoms with Gasteiger partial charge in [-0.15, -0.1) is 0 Å². The molecule has 5 heteroatoms. The number of halogens is 2. The fourth-order valence-corrected chi connectivity index (χ4v) is 2.03. The highest BCUT2D eigenvalue weighted by Crippen LogP contribution is 2.21. The van der Waals surface area contributed by atoms with Crippen molar-refractivity contribution in [2.75, 3.05) is 12.4 Å². The summed E-state index contributed by atoms with van der Waals surface area (Å²) in [6.45, 7) is 0. The van der Waals surface area contributed by atoms with Crippen LogP contribution >= 0.6 is 34.2 Å². The van der Waals surface area contributed by atoms with Gasteiger partial charge in [0.2, 0.25) is 0 Å². The zero-order valence-electron chi connectivity index (χ0n) is 10.1. The van der Waals surface area contributed by atoms with Crippen molar-refractivity contribution in [2.45, 2.75) is 0 Å². The average Bonchev–Trinajstić information content (AvgIpc) is 2.42. The third-order valence-corrected chi connectivity index (χ3v) is 4.10. The molecule has 1 N–H and O–H groups in total. The SMILES string of the molecule is COc1ccc(NC(=O)c2ccc(I)c(Cl)c2)cc1. The second kappa shape index (κ2) is 6.25. The van der Waals surface area contributed by atoms with Crippen LogP contribution in [0.5, 0.6) is 5.75 Å². The van der Waals surface area contributed by atoms with Crippen molar-refractivity contribution in [3.63, 3.8) is 0 Å². The van der Waals surface area contributed by atoms with Crippen LogP contribution in [0.15, 0.2) is 42.5 Å². The van der Waals surface area contributed by atoms with Crippen molar-refractivity contribution in [3.8, 4) is 5.75 Å². The minimum absolute atomic E-state index is 0.191. The van der Waals surface area contributed by atoms with Crippen LogP contribution in [-0.4, -0.2) is 13.0 Å². The van der Waals surface area contributed by atoms with E-state index in [0.717, 1.165) is 9.32 Å². The summed E-state index contributed by atoms with van der Waals surface area (Å²) in [6.07, 6.45) is 0. The number of benzene rings is 2. The molecule has 0 spiro atoms. The van der Waals surface area contributed by atoms with E-state index in [4.69, 9.17) is 16.3 Å². The Balaban J connectivity index is 2.13. The quantitative estimate of drug-likeness (QED) is 0.802. The molecular weight excluding hydrogens is 377 g/mol. The van der Waals surface area contributed by atoms with Gasteiger partial charge >= 0.3 is 0 Å². The van der Waals surface area contributed by atoms with Gasteiger partial charge in [0.1, 0.15) is 5.75 Å². The molecule has 0 atom stereocenters. The third kappa shape index (κ3) is 3.61. The summed E-state index contributed by atoms with van der Waals surface area (Å²) >= 11 is 8.11. The molecule has 2 aromatic carbocycles. The fourth-order valence-electron chi connectivity index (χ4n) is 1.51. The van der Waals surface area contributed by atoms with E-state index < -0.39 is 0 Å². The largest absolute Gasteiger partial charge is 0.497 e. The second-order valence-electron chi connectivity index (χ2n) is 3.81. The van der Waals surface area contributed by atoms with Crippen LogP contribution in [0.2, 0.25) is 5.02 Å². The molecule has 0 aromatic heterocycles. The molecule has 3 nitrogen and oxygen atoms in total. The number of hydrogen-bond acceptors (Lipinski definition) is 2. The maximum Gasteiger partial charge on any atom is 0.255 e. The highest BCUT2D eigenvalue weighted by Gasteiger charge is 2.08. The van der Waals surface area contributed by atoms with Crippen LogP contribution in [0.4, 0.5) is 5.69 Å². The van der Waals surface area contributed by atoms with Gasteiger partial charge in [-0.1, -0.05) is 11.6 Å². The van der Waals surface area contributed by atoms with Gasteiger partial charge in [0.15, 0.2) is 0 Å². The van der Waals surface area contributed by atoms with Crippen molar-refractivity contribution >= 4 is 45.8 Å². The number of hydrogen-bond donors (Lipinski definition) is 1. The molecule has 0 fully saturated rings. The van der Waals surface area contributed by atoms with Gasteiger partial charge in [0, 0.05) is 14.8 Å². The molecular formula is C14H11ClINO2. The monoisotopic (exact) mass is 387 g/mol. The van der Waals surface area contributed by atoms with E-state index in [2.05, 4.69) is 27.9 Å². The zero-order chi connectivity index (χ0) is 13.8. The molecule has 98 valence electrons. The van der Waals surface area contributed by atoms with Crippen LogP contribution in [0.25, 0.3) is 0 Å². The molecule has 0 aliphatic heterocycles. The summed E-state index contributed by atoms with van der Waals surface area (Å²) in [6, 6.07) is 12.4. The van der Waals surface area contributed by atoms with Crippen molar-refractivity contribution in [1.29, 1.82) is 0 Å². The number of amides is 1. The lowest BCUT2D eigenvalue weighted by Gasteiger charge is -2.07. The summed E-state index contributed by atoms with van der Waals surface area (Å²) in [5.41, 5.74) is 1.24. The Morgan fingerprint density at radius 2 is 1.89 bits per heavy atom. The van der Waals surface area contributed by atoms with Crippen LogP contribution in [-0.2, 0) is 0 Å². The lowest BCUT2D eigenvalue weighted by molar-refractivity contribution is 0.102. The Hall–Kier alpha value is -1.27. The molecule has 0 unspecified atom stereocenters. The Morgan fingerprint density at radius 3 is 2.47 bits per heavy atom. The number of nitrogens with one attached hydrogen (secondary N) is 1. The fraction of sp³-hybridized carbons (Fsp3) is 0.0714. The van der Waals surface area contributed by atoms with Crippen molar-refractivity contribution < 1.29 is 9.53 Å². The topological polar surface area (TPSA) is 38.3 Å². The van der Waals surface area contributed by atoms with E-state index in [9.17, 15) is 4.79 Å². The van der Waals surface area contributed by atoms with E-state index in [0.29, 0.717) is 16.3 Å². The number of carbonyl (C=O) groups excluding carboxylic acids is 1. The Bertz CT molecular complexity index is 599. The van der Waals surface area contributed by atoms with Gasteiger partial charge in [-0.3, -0.25) is 4.79 Å². The number of anilines is 1. The lowest BCUT2D eigenvalue weighted by Crippen LogP contribution is -2.11. The zero-order valence-corrected chi connectivity index (χ0v) is 13.0. The van der Waals surface area contributed by atoms with Crippen LogP contribution in [0.1, 0.15) is 10.4 Å². The second-order valence-corrected chi connectivity index (χ2v) is 5.38. The van der Waals surface area contributed by atoms with Gasteiger partial charge in [-0.25, -0.2) is 0 Å². The summed E-state index contributed by atoms with van der Waals surface area (Å²) in [5, 5.41) is 3.37. The Labute approximate surface area is 130 Å². The molecule has 0 saturated heterocycles. The minimum Gasteiger partial charge on any atom is -0.497 e. The number of carbonyl (C=O) groups is 1. The van der Waals surface area contributed by atoms with Gasteiger partial charge in [-0.05, 0) is 65.1 Å². The summed E-state index contributed by atoms with van der Waals surface area (Å²) in [4.78, 5) is 12.0. The number of rotatable bonds is 3. The number of methoxy groups -OCH3 is 1. The molecule has 0 saturated carbocycles. The van der Waals surface area contributed by atoms with Crippen LogP contribution in [0.3, 0.4) is 0 Å². The van der Waals surface area contributed by atoms with Gasteiger partial charge in [-0.2, -0.15) is 0 Å². The minimum atomic E-state index is -0.191. The maximum absolute atomic E-state index is 12.0. The number of ether oxygens (including phenoxy) is 1. The van der Waals surface area contributed by atoms with E-state index in [1.807, 2.05) is 6.07 Å². The van der Waals surface area contributed by atoms with Gasteiger partial charge in [0.25, 0.3) is 5.91 Å². The molecule has 19 heavy (non-hydrogen) atoms. The lowest BCUT2D eigenvalue weighted by atomic mass is 10.2. The summed E-state index contributed by atoms with van der Waals surface area (Å²) < 4.78 is 5.97. The normalized spacial score (nSPS) is 10.1. The van der Waals surface area contributed by atoms with Crippen LogP contribution < -0.4 is 10.1 Å². The smallest absolute Gasteiger partial charge is 0.255 e. The first-order valence-corrected chi connectivity index (χ1v) is 6.96. The summed E-state index contributed by atoms with van der Waals surface area (Å²) in [5.74, 6) is 0.554. The van der Waals surface area contributed by atoms with Crippen LogP contribution in [0, 0.1) is 3.57 Å². The Kier molecular flexibility index (Phi) is 4.66. The molecule has 2 aromatic rings. The highest BCUT2D eigenvalue weighted by molar-refractivity contribution is 14.1. The first kappa shape index (κ1) is 14.1. The predicted octanol–water partition coefficient (Wildman–Crippen LogP) is 4.21. The van der Waals surface area contributed by atoms with E-state index >= 15 is 0 Å². The molecule has 0 aliphatic rings. The first-order valence-electron chi connectivity index (χ1n) is 5.50. The predicted molar refractivity (Wildman–Crippen MR) is 85.1 cm³/mol. The third-order valence-electron chi connectivity index (χ3n) is 2.53. The molecule has 2 rings (SSSR count). The Morgan fingerprint density at radius 1 is 1.21 bits per heavy atom. The molecule has 0 bridgehead atoms. The average molecular weight is 388 g/mol. The van der Waals surface area contributed by atoms with Gasteiger partial charge < -0.3 is 10.1 Å². The van der Waals surface area contributed by atoms with Gasteiger partial charge in [0.05, 0.1) is 12.1 Å². The van der Waals surface area contributed by atoms with Crippen molar-refractivity contribution in [2.24, 2.45) is 0 Å². The summed E-state index contributed by atoms with van der Waals surface area (Å²) in [7, 11) is 1.60. The molecule has 0 heterocycles.